The van der Waals surface area contributed by atoms with E-state index in [2.05, 4.69) is 0 Å². The maximum absolute atomic E-state index is 11.6. The van der Waals surface area contributed by atoms with Crippen molar-refractivity contribution >= 4 is 23.9 Å². The Kier molecular flexibility index (Phi) is 11.2. The fourth-order valence-corrected chi connectivity index (χ4v) is 2.84. The SMILES string of the molecule is CCCCOC(=O)c1ccccc1C(=O)O.CCCCc1cccc(C(=O)O)c1C(=O)O. The molecular formula is C24H28O8. The average Bonchev–Trinajstić information content (AvgIpc) is 2.77. The summed E-state index contributed by atoms with van der Waals surface area (Å²) in [6.45, 7) is 4.31. The molecule has 172 valence electrons. The predicted molar refractivity (Wildman–Crippen MR) is 118 cm³/mol. The van der Waals surface area contributed by atoms with E-state index in [0.717, 1.165) is 25.7 Å². The second kappa shape index (κ2) is 13.6. The largest absolute Gasteiger partial charge is 0.478 e. The van der Waals surface area contributed by atoms with Crippen molar-refractivity contribution in [2.75, 3.05) is 6.61 Å². The second-order valence-corrected chi connectivity index (χ2v) is 6.89. The average molecular weight is 444 g/mol. The fraction of sp³-hybridized carbons (Fsp3) is 0.333. The normalized spacial score (nSPS) is 9.94. The summed E-state index contributed by atoms with van der Waals surface area (Å²) >= 11 is 0. The van der Waals surface area contributed by atoms with Crippen LogP contribution < -0.4 is 0 Å². The van der Waals surface area contributed by atoms with Gasteiger partial charge < -0.3 is 20.1 Å². The standard InChI is InChI=1S/2C12H14O4/c1-2-3-8-16-12(15)10-7-5-4-6-9(10)11(13)14;1-2-3-5-8-6-4-7-9(11(13)14)10(8)12(15)16/h4-7H,2-3,8H2,1H3,(H,13,14);4,6-7H,2-3,5H2,1H3,(H,13,14)(H,15,16). The van der Waals surface area contributed by atoms with Crippen LogP contribution in [-0.4, -0.2) is 45.8 Å². The van der Waals surface area contributed by atoms with Crippen LogP contribution in [0.2, 0.25) is 0 Å². The molecule has 0 atom stereocenters. The number of rotatable bonds is 10. The van der Waals surface area contributed by atoms with E-state index in [-0.39, 0.29) is 22.3 Å². The molecule has 0 unspecified atom stereocenters. The quantitative estimate of drug-likeness (QED) is 0.352. The van der Waals surface area contributed by atoms with Gasteiger partial charge >= 0.3 is 23.9 Å². The molecular weight excluding hydrogens is 416 g/mol. The molecule has 0 amide bonds. The van der Waals surface area contributed by atoms with Gasteiger partial charge in [-0.05, 0) is 43.0 Å². The van der Waals surface area contributed by atoms with Gasteiger partial charge in [0.15, 0.2) is 0 Å². The monoisotopic (exact) mass is 444 g/mol. The first-order valence-corrected chi connectivity index (χ1v) is 10.3. The summed E-state index contributed by atoms with van der Waals surface area (Å²) in [5.41, 5.74) is 0.453. The van der Waals surface area contributed by atoms with E-state index < -0.39 is 23.9 Å². The zero-order chi connectivity index (χ0) is 24.1. The summed E-state index contributed by atoms with van der Waals surface area (Å²) in [7, 11) is 0. The highest BCUT2D eigenvalue weighted by Gasteiger charge is 2.19. The van der Waals surface area contributed by atoms with Crippen LogP contribution in [0, 0.1) is 0 Å². The van der Waals surface area contributed by atoms with Gasteiger partial charge in [0.1, 0.15) is 0 Å². The zero-order valence-electron chi connectivity index (χ0n) is 18.2. The summed E-state index contributed by atoms with van der Waals surface area (Å²) in [6.07, 6.45) is 4.09. The zero-order valence-corrected chi connectivity index (χ0v) is 18.2. The van der Waals surface area contributed by atoms with Gasteiger partial charge in [-0.15, -0.1) is 0 Å². The van der Waals surface area contributed by atoms with Gasteiger partial charge in [-0.25, -0.2) is 19.2 Å². The molecule has 0 saturated heterocycles. The van der Waals surface area contributed by atoms with Crippen LogP contribution in [0.5, 0.6) is 0 Å². The highest BCUT2D eigenvalue weighted by molar-refractivity contribution is 6.03. The number of unbranched alkanes of at least 4 members (excludes halogenated alkanes) is 2. The number of carboxylic acid groups (broad SMARTS) is 3. The third-order valence-electron chi connectivity index (χ3n) is 4.50. The van der Waals surface area contributed by atoms with Crippen LogP contribution in [0.3, 0.4) is 0 Å². The van der Waals surface area contributed by atoms with Crippen molar-refractivity contribution in [3.8, 4) is 0 Å². The van der Waals surface area contributed by atoms with Crippen molar-refractivity contribution in [1.82, 2.24) is 0 Å². The molecule has 2 rings (SSSR count). The Morgan fingerprint density at radius 2 is 1.28 bits per heavy atom. The van der Waals surface area contributed by atoms with Gasteiger partial charge in [-0.1, -0.05) is 51.0 Å². The first-order chi connectivity index (χ1) is 15.2. The van der Waals surface area contributed by atoms with E-state index in [9.17, 15) is 19.2 Å². The Morgan fingerprint density at radius 1 is 0.719 bits per heavy atom. The molecule has 0 aliphatic rings. The van der Waals surface area contributed by atoms with Gasteiger partial charge in [0.2, 0.25) is 0 Å². The van der Waals surface area contributed by atoms with E-state index in [0.29, 0.717) is 18.6 Å². The molecule has 32 heavy (non-hydrogen) atoms. The van der Waals surface area contributed by atoms with Gasteiger partial charge in [-0.2, -0.15) is 0 Å². The molecule has 0 heterocycles. The van der Waals surface area contributed by atoms with Gasteiger partial charge in [0.25, 0.3) is 0 Å². The molecule has 2 aromatic rings. The molecule has 3 N–H and O–H groups in total. The highest BCUT2D eigenvalue weighted by Crippen LogP contribution is 2.17. The lowest BCUT2D eigenvalue weighted by molar-refractivity contribution is 0.0489. The van der Waals surface area contributed by atoms with Gasteiger partial charge in [-0.3, -0.25) is 0 Å². The number of hydrogen-bond donors (Lipinski definition) is 3. The second-order valence-electron chi connectivity index (χ2n) is 6.89. The Balaban J connectivity index is 0.000000320. The van der Waals surface area contributed by atoms with Crippen molar-refractivity contribution in [2.45, 2.75) is 46.0 Å². The number of hydrogen-bond acceptors (Lipinski definition) is 5. The molecule has 0 aliphatic carbocycles. The van der Waals surface area contributed by atoms with Crippen molar-refractivity contribution in [3.63, 3.8) is 0 Å². The van der Waals surface area contributed by atoms with Crippen molar-refractivity contribution in [1.29, 1.82) is 0 Å². The highest BCUT2D eigenvalue weighted by atomic mass is 16.5. The molecule has 0 spiro atoms. The maximum atomic E-state index is 11.6. The summed E-state index contributed by atoms with van der Waals surface area (Å²) in [4.78, 5) is 44.3. The van der Waals surface area contributed by atoms with Crippen LogP contribution in [0.4, 0.5) is 0 Å². The van der Waals surface area contributed by atoms with Crippen molar-refractivity contribution in [2.24, 2.45) is 0 Å². The molecule has 0 bridgehead atoms. The van der Waals surface area contributed by atoms with Crippen LogP contribution in [0.15, 0.2) is 42.5 Å². The summed E-state index contributed by atoms with van der Waals surface area (Å²) in [6, 6.07) is 10.6. The Hall–Kier alpha value is -3.68. The van der Waals surface area contributed by atoms with Crippen LogP contribution in [0.25, 0.3) is 0 Å². The molecule has 0 aromatic heterocycles. The Labute approximate surface area is 186 Å². The minimum absolute atomic E-state index is 0.0241. The van der Waals surface area contributed by atoms with E-state index in [1.165, 1.54) is 18.2 Å². The number of benzene rings is 2. The Bertz CT molecular complexity index is 949. The minimum Gasteiger partial charge on any atom is -0.478 e. The van der Waals surface area contributed by atoms with Crippen molar-refractivity contribution in [3.05, 3.63) is 70.3 Å². The molecule has 0 radical (unpaired) electrons. The molecule has 8 nitrogen and oxygen atoms in total. The number of aryl methyl sites for hydroxylation is 1. The summed E-state index contributed by atoms with van der Waals surface area (Å²) in [5, 5.41) is 26.8. The molecule has 0 saturated carbocycles. The lowest BCUT2D eigenvalue weighted by Gasteiger charge is -2.08. The smallest absolute Gasteiger partial charge is 0.339 e. The number of carbonyl (C=O) groups excluding carboxylic acids is 1. The van der Waals surface area contributed by atoms with E-state index in [1.54, 1.807) is 24.3 Å². The number of aromatic carboxylic acids is 3. The molecule has 2 aromatic carbocycles. The van der Waals surface area contributed by atoms with Crippen molar-refractivity contribution < 1.29 is 39.2 Å². The van der Waals surface area contributed by atoms with E-state index in [4.69, 9.17) is 20.1 Å². The molecule has 0 fully saturated rings. The minimum atomic E-state index is -1.20. The predicted octanol–water partition coefficient (Wildman–Crippen LogP) is 4.77. The number of carboxylic acids is 3. The fourth-order valence-electron chi connectivity index (χ4n) is 2.84. The lowest BCUT2D eigenvalue weighted by Crippen LogP contribution is -2.12. The number of esters is 1. The summed E-state index contributed by atoms with van der Waals surface area (Å²) in [5.74, 6) is -4.07. The molecule has 8 heteroatoms. The first-order valence-electron chi connectivity index (χ1n) is 10.3. The van der Waals surface area contributed by atoms with Crippen LogP contribution >= 0.6 is 0 Å². The van der Waals surface area contributed by atoms with Gasteiger partial charge in [0.05, 0.1) is 28.9 Å². The third-order valence-corrected chi connectivity index (χ3v) is 4.50. The van der Waals surface area contributed by atoms with E-state index >= 15 is 0 Å². The Morgan fingerprint density at radius 3 is 1.81 bits per heavy atom. The van der Waals surface area contributed by atoms with E-state index in [1.807, 2.05) is 13.8 Å². The third kappa shape index (κ3) is 7.86. The van der Waals surface area contributed by atoms with Crippen LogP contribution in [0.1, 0.15) is 86.5 Å². The molecule has 0 aliphatic heterocycles. The topological polar surface area (TPSA) is 138 Å². The number of carbonyl (C=O) groups is 4. The lowest BCUT2D eigenvalue weighted by atomic mass is 9.97. The first kappa shape index (κ1) is 26.4. The van der Waals surface area contributed by atoms with Crippen LogP contribution in [-0.2, 0) is 11.2 Å². The summed E-state index contributed by atoms with van der Waals surface area (Å²) < 4.78 is 4.96. The maximum Gasteiger partial charge on any atom is 0.339 e. The number of ether oxygens (including phenoxy) is 1. The van der Waals surface area contributed by atoms with Gasteiger partial charge in [0, 0.05) is 0 Å².